The number of thiocarbonyl (C=S) groups is 1. The third-order valence-corrected chi connectivity index (χ3v) is 4.27. The molecule has 0 unspecified atom stereocenters. The van der Waals surface area contributed by atoms with Gasteiger partial charge in [-0.3, -0.25) is 4.79 Å². The fourth-order valence-corrected chi connectivity index (χ4v) is 2.79. The van der Waals surface area contributed by atoms with Gasteiger partial charge < -0.3 is 14.5 Å². The molecule has 112 valence electrons. The second-order valence-corrected chi connectivity index (χ2v) is 6.19. The number of ether oxygens (including phenoxy) is 1. The van der Waals surface area contributed by atoms with Crippen LogP contribution >= 0.6 is 24.0 Å². The van der Waals surface area contributed by atoms with Crippen LogP contribution in [0.4, 0.5) is 0 Å². The number of esters is 1. The molecule has 0 spiro atoms. The summed E-state index contributed by atoms with van der Waals surface area (Å²) in [6, 6.07) is 9.90. The number of methoxy groups -OCH3 is 1. The number of nitrogens with one attached hydrogen (secondary N) is 1. The van der Waals surface area contributed by atoms with E-state index in [1.54, 1.807) is 0 Å². The highest BCUT2D eigenvalue weighted by molar-refractivity contribution is 8.22. The predicted molar refractivity (Wildman–Crippen MR) is 89.4 cm³/mol. The SMILES string of the molecule is COC(=O)CCCSC(=S)NCc1cc2ccccc2o1. The van der Waals surface area contributed by atoms with Gasteiger partial charge in [-0.2, -0.15) is 0 Å². The molecule has 0 aliphatic heterocycles. The first-order valence-corrected chi connectivity index (χ1v) is 8.03. The van der Waals surface area contributed by atoms with E-state index < -0.39 is 0 Å². The number of fused-ring (bicyclic) bond motifs is 1. The molecule has 0 bridgehead atoms. The Morgan fingerprint density at radius 1 is 1.43 bits per heavy atom. The zero-order valence-corrected chi connectivity index (χ0v) is 13.4. The molecule has 2 rings (SSSR count). The van der Waals surface area contributed by atoms with Gasteiger partial charge in [0.1, 0.15) is 15.7 Å². The van der Waals surface area contributed by atoms with Crippen molar-refractivity contribution >= 4 is 45.2 Å². The smallest absolute Gasteiger partial charge is 0.305 e. The van der Waals surface area contributed by atoms with Crippen molar-refractivity contribution < 1.29 is 13.9 Å². The van der Waals surface area contributed by atoms with Crippen LogP contribution < -0.4 is 5.32 Å². The van der Waals surface area contributed by atoms with Crippen LogP contribution in [0.1, 0.15) is 18.6 Å². The van der Waals surface area contributed by atoms with Crippen molar-refractivity contribution in [2.24, 2.45) is 0 Å². The van der Waals surface area contributed by atoms with E-state index in [0.717, 1.165) is 28.9 Å². The molecule has 4 nitrogen and oxygen atoms in total. The summed E-state index contributed by atoms with van der Waals surface area (Å²) in [6.07, 6.45) is 1.18. The zero-order chi connectivity index (χ0) is 15.1. The molecule has 1 heterocycles. The van der Waals surface area contributed by atoms with E-state index in [-0.39, 0.29) is 5.97 Å². The first kappa shape index (κ1) is 15.9. The highest BCUT2D eigenvalue weighted by Gasteiger charge is 2.05. The molecule has 0 radical (unpaired) electrons. The normalized spacial score (nSPS) is 10.5. The second kappa shape index (κ2) is 8.05. The van der Waals surface area contributed by atoms with Crippen LogP contribution in [-0.2, 0) is 16.1 Å². The maximum Gasteiger partial charge on any atom is 0.305 e. The number of hydrogen-bond acceptors (Lipinski definition) is 5. The molecule has 1 N–H and O–H groups in total. The Kier molecular flexibility index (Phi) is 6.07. The third kappa shape index (κ3) is 5.06. The first-order chi connectivity index (χ1) is 10.2. The van der Waals surface area contributed by atoms with Crippen molar-refractivity contribution in [3.8, 4) is 0 Å². The Morgan fingerprint density at radius 2 is 2.24 bits per heavy atom. The highest BCUT2D eigenvalue weighted by Crippen LogP contribution is 2.18. The third-order valence-electron chi connectivity index (χ3n) is 2.87. The van der Waals surface area contributed by atoms with Gasteiger partial charge >= 0.3 is 5.97 Å². The fraction of sp³-hybridized carbons (Fsp3) is 0.333. The Balaban J connectivity index is 1.70. The summed E-state index contributed by atoms with van der Waals surface area (Å²) in [5.74, 6) is 1.46. The number of carbonyl (C=O) groups excluding carboxylic acids is 1. The van der Waals surface area contributed by atoms with Crippen molar-refractivity contribution in [1.82, 2.24) is 5.32 Å². The van der Waals surface area contributed by atoms with Crippen LogP contribution in [0.15, 0.2) is 34.7 Å². The van der Waals surface area contributed by atoms with E-state index in [0.29, 0.717) is 17.3 Å². The number of para-hydroxylation sites is 1. The molecule has 1 aromatic carbocycles. The largest absolute Gasteiger partial charge is 0.469 e. The lowest BCUT2D eigenvalue weighted by molar-refractivity contribution is -0.140. The maximum absolute atomic E-state index is 11.0. The molecular formula is C15H17NO3S2. The van der Waals surface area contributed by atoms with Crippen molar-refractivity contribution in [1.29, 1.82) is 0 Å². The molecule has 0 saturated carbocycles. The van der Waals surface area contributed by atoms with Crippen molar-refractivity contribution in [3.63, 3.8) is 0 Å². The summed E-state index contributed by atoms with van der Waals surface area (Å²) in [5.41, 5.74) is 0.881. The monoisotopic (exact) mass is 323 g/mol. The Labute approximate surface area is 133 Å². The van der Waals surface area contributed by atoms with Gasteiger partial charge in [-0.05, 0) is 18.6 Å². The lowest BCUT2D eigenvalue weighted by Gasteiger charge is -2.05. The Hall–Kier alpha value is -1.53. The Morgan fingerprint density at radius 3 is 3.00 bits per heavy atom. The molecule has 6 heteroatoms. The lowest BCUT2D eigenvalue weighted by atomic mass is 10.2. The summed E-state index contributed by atoms with van der Waals surface area (Å²) in [5, 5.41) is 4.24. The topological polar surface area (TPSA) is 51.5 Å². The van der Waals surface area contributed by atoms with E-state index in [1.807, 2.05) is 30.3 Å². The molecule has 0 atom stereocenters. The van der Waals surface area contributed by atoms with Crippen LogP contribution in [0.2, 0.25) is 0 Å². The van der Waals surface area contributed by atoms with E-state index in [1.165, 1.54) is 18.9 Å². The van der Waals surface area contributed by atoms with Gasteiger partial charge in [-0.25, -0.2) is 0 Å². The van der Waals surface area contributed by atoms with Gasteiger partial charge in [0.25, 0.3) is 0 Å². The molecule has 1 aromatic heterocycles. The average molecular weight is 323 g/mol. The lowest BCUT2D eigenvalue weighted by Crippen LogP contribution is -2.17. The van der Waals surface area contributed by atoms with Crippen LogP contribution in [0.5, 0.6) is 0 Å². The minimum absolute atomic E-state index is 0.184. The molecule has 0 fully saturated rings. The minimum atomic E-state index is -0.184. The number of thioether (sulfide) groups is 1. The number of hydrogen-bond donors (Lipinski definition) is 1. The van der Waals surface area contributed by atoms with Gasteiger partial charge in [0, 0.05) is 17.6 Å². The number of rotatable bonds is 6. The minimum Gasteiger partial charge on any atom is -0.469 e. The first-order valence-electron chi connectivity index (χ1n) is 6.64. The van der Waals surface area contributed by atoms with E-state index in [9.17, 15) is 4.79 Å². The van der Waals surface area contributed by atoms with E-state index in [4.69, 9.17) is 16.6 Å². The number of carbonyl (C=O) groups is 1. The summed E-state index contributed by atoms with van der Waals surface area (Å²) in [7, 11) is 1.40. The second-order valence-electron chi connectivity index (χ2n) is 4.42. The fourth-order valence-electron chi connectivity index (χ4n) is 1.82. The molecule has 0 aliphatic carbocycles. The summed E-state index contributed by atoms with van der Waals surface area (Å²) in [4.78, 5) is 11.0. The van der Waals surface area contributed by atoms with Crippen LogP contribution in [0.25, 0.3) is 11.0 Å². The summed E-state index contributed by atoms with van der Waals surface area (Å²) >= 11 is 6.76. The van der Waals surface area contributed by atoms with Gasteiger partial charge in [-0.15, -0.1) is 0 Å². The van der Waals surface area contributed by atoms with Crippen molar-refractivity contribution in [3.05, 3.63) is 36.1 Å². The maximum atomic E-state index is 11.0. The average Bonchev–Trinajstić information content (AvgIpc) is 2.92. The molecule has 0 amide bonds. The van der Waals surface area contributed by atoms with Gasteiger partial charge in [0.2, 0.25) is 0 Å². The summed E-state index contributed by atoms with van der Waals surface area (Å²) < 4.78 is 11.0. The molecule has 2 aromatic rings. The standard InChI is InChI=1S/C15H17NO3S2/c1-18-14(17)7-4-8-21-15(20)16-10-12-9-11-5-2-3-6-13(11)19-12/h2-3,5-6,9H,4,7-8,10H2,1H3,(H,16,20). The van der Waals surface area contributed by atoms with Gasteiger partial charge in [-0.1, -0.05) is 42.2 Å². The predicted octanol–water partition coefficient (Wildman–Crippen LogP) is 3.49. The van der Waals surface area contributed by atoms with Crippen molar-refractivity contribution in [2.45, 2.75) is 19.4 Å². The van der Waals surface area contributed by atoms with E-state index >= 15 is 0 Å². The Bertz CT molecular complexity index is 591. The molecule has 0 saturated heterocycles. The van der Waals surface area contributed by atoms with Crippen LogP contribution in [0, 0.1) is 0 Å². The van der Waals surface area contributed by atoms with Crippen LogP contribution in [-0.4, -0.2) is 23.2 Å². The highest BCUT2D eigenvalue weighted by atomic mass is 32.2. The quantitative estimate of drug-likeness (QED) is 0.499. The molecule has 21 heavy (non-hydrogen) atoms. The number of benzene rings is 1. The zero-order valence-electron chi connectivity index (χ0n) is 11.8. The molecule has 0 aliphatic rings. The van der Waals surface area contributed by atoms with Gasteiger partial charge in [0.15, 0.2) is 0 Å². The van der Waals surface area contributed by atoms with E-state index in [2.05, 4.69) is 10.1 Å². The van der Waals surface area contributed by atoms with Crippen LogP contribution in [0.3, 0.4) is 0 Å². The number of furan rings is 1. The van der Waals surface area contributed by atoms with Gasteiger partial charge in [0.05, 0.1) is 13.7 Å². The molecular weight excluding hydrogens is 306 g/mol. The summed E-state index contributed by atoms with van der Waals surface area (Å²) in [6.45, 7) is 0.567. The van der Waals surface area contributed by atoms with Crippen molar-refractivity contribution in [2.75, 3.05) is 12.9 Å².